The number of para-hydroxylation sites is 1. The number of nitrogens with one attached hydrogen (secondary N) is 3. The highest BCUT2D eigenvalue weighted by Gasteiger charge is 2.19. The van der Waals surface area contributed by atoms with Gasteiger partial charge in [-0.25, -0.2) is 20.5 Å². The molecule has 0 atom stereocenters. The molecule has 0 fully saturated rings. The van der Waals surface area contributed by atoms with Crippen LogP contribution in [0.3, 0.4) is 0 Å². The van der Waals surface area contributed by atoms with Gasteiger partial charge < -0.3 is 16.2 Å². The molecular formula is C16H15F2N7. The fraction of sp³-hybridized carbons (Fsp3) is 0. The average Bonchev–Trinajstić information content (AvgIpc) is 2.62. The van der Waals surface area contributed by atoms with E-state index in [0.29, 0.717) is 0 Å². The molecule has 0 aliphatic carbocycles. The first kappa shape index (κ1) is 16.6. The van der Waals surface area contributed by atoms with Crippen molar-refractivity contribution in [1.82, 2.24) is 9.97 Å². The molecule has 0 radical (unpaired) electrons. The number of hydrogen-bond acceptors (Lipinski definition) is 7. The summed E-state index contributed by atoms with van der Waals surface area (Å²) in [4.78, 5) is 8.44. The standard InChI is InChI=1S/C16H15F2N7/c17-9-6-7-11(12(18)8-9)13-14(24-19)22-16(23-15(13)25-20)21-10-4-2-1-3-5-10/h1-8H,19-20H2,(H3,21,22,23,24,25). The molecule has 1 aromatic heterocycles. The highest BCUT2D eigenvalue weighted by molar-refractivity contribution is 5.85. The molecule has 7 N–H and O–H groups in total. The summed E-state index contributed by atoms with van der Waals surface area (Å²) in [5.74, 6) is 9.98. The summed E-state index contributed by atoms with van der Waals surface area (Å²) in [6.45, 7) is 0. The minimum absolute atomic E-state index is 0.0496. The topological polar surface area (TPSA) is 114 Å². The lowest BCUT2D eigenvalue weighted by Gasteiger charge is -2.15. The zero-order valence-electron chi connectivity index (χ0n) is 12.9. The maximum Gasteiger partial charge on any atom is 0.231 e. The second kappa shape index (κ2) is 7.07. The van der Waals surface area contributed by atoms with Crippen molar-refractivity contribution in [2.24, 2.45) is 11.7 Å². The van der Waals surface area contributed by atoms with Gasteiger partial charge in [-0.15, -0.1) is 0 Å². The summed E-state index contributed by atoms with van der Waals surface area (Å²) >= 11 is 0. The van der Waals surface area contributed by atoms with Crippen molar-refractivity contribution in [3.8, 4) is 11.1 Å². The Balaban J connectivity index is 2.10. The van der Waals surface area contributed by atoms with Crippen molar-refractivity contribution in [3.05, 3.63) is 60.2 Å². The van der Waals surface area contributed by atoms with Crippen LogP contribution in [0.25, 0.3) is 11.1 Å². The molecule has 3 rings (SSSR count). The zero-order valence-corrected chi connectivity index (χ0v) is 12.9. The molecule has 2 aromatic carbocycles. The van der Waals surface area contributed by atoms with Crippen LogP contribution in [0.5, 0.6) is 0 Å². The normalized spacial score (nSPS) is 10.4. The number of anilines is 4. The molecule has 0 bridgehead atoms. The number of halogens is 2. The van der Waals surface area contributed by atoms with E-state index in [-0.39, 0.29) is 28.7 Å². The molecule has 0 unspecified atom stereocenters. The van der Waals surface area contributed by atoms with Crippen LogP contribution in [0.4, 0.5) is 32.1 Å². The zero-order chi connectivity index (χ0) is 17.8. The largest absolute Gasteiger partial charge is 0.324 e. The number of hydrogen-bond donors (Lipinski definition) is 5. The van der Waals surface area contributed by atoms with Crippen molar-refractivity contribution < 1.29 is 8.78 Å². The summed E-state index contributed by atoms with van der Waals surface area (Å²) in [5.41, 5.74) is 5.76. The van der Waals surface area contributed by atoms with Gasteiger partial charge in [-0.3, -0.25) is 0 Å². The van der Waals surface area contributed by atoms with Crippen LogP contribution in [0.1, 0.15) is 0 Å². The predicted octanol–water partition coefficient (Wildman–Crippen LogP) is 2.74. The Morgan fingerprint density at radius 1 is 0.840 bits per heavy atom. The third kappa shape index (κ3) is 3.47. The van der Waals surface area contributed by atoms with E-state index in [1.807, 2.05) is 30.3 Å². The van der Waals surface area contributed by atoms with E-state index in [9.17, 15) is 8.78 Å². The second-order valence-corrected chi connectivity index (χ2v) is 5.02. The maximum absolute atomic E-state index is 14.2. The third-order valence-corrected chi connectivity index (χ3v) is 3.41. The quantitative estimate of drug-likeness (QED) is 0.357. The molecule has 128 valence electrons. The molecule has 0 spiro atoms. The lowest BCUT2D eigenvalue weighted by molar-refractivity contribution is 0.585. The lowest BCUT2D eigenvalue weighted by Crippen LogP contribution is -2.17. The van der Waals surface area contributed by atoms with Gasteiger partial charge in [0.05, 0.1) is 5.56 Å². The van der Waals surface area contributed by atoms with Crippen molar-refractivity contribution in [2.45, 2.75) is 0 Å². The van der Waals surface area contributed by atoms with E-state index in [2.05, 4.69) is 26.1 Å². The van der Waals surface area contributed by atoms with E-state index >= 15 is 0 Å². The number of nitrogens with two attached hydrogens (primary N) is 2. The van der Waals surface area contributed by atoms with E-state index in [1.165, 1.54) is 6.07 Å². The van der Waals surface area contributed by atoms with Gasteiger partial charge in [-0.05, 0) is 24.3 Å². The van der Waals surface area contributed by atoms with E-state index in [0.717, 1.165) is 17.8 Å². The van der Waals surface area contributed by atoms with Crippen molar-refractivity contribution in [2.75, 3.05) is 16.2 Å². The van der Waals surface area contributed by atoms with Crippen molar-refractivity contribution in [1.29, 1.82) is 0 Å². The van der Waals surface area contributed by atoms with Crippen LogP contribution in [-0.2, 0) is 0 Å². The molecule has 0 aliphatic rings. The molecule has 0 saturated heterocycles. The molecule has 9 heteroatoms. The highest BCUT2D eigenvalue weighted by Crippen LogP contribution is 2.35. The number of nitrogen functional groups attached to an aromatic ring is 2. The first-order chi connectivity index (χ1) is 12.1. The van der Waals surface area contributed by atoms with Gasteiger partial charge >= 0.3 is 0 Å². The van der Waals surface area contributed by atoms with E-state index < -0.39 is 11.6 Å². The Kier molecular flexibility index (Phi) is 4.68. The third-order valence-electron chi connectivity index (χ3n) is 3.41. The Morgan fingerprint density at radius 3 is 2.04 bits per heavy atom. The molecule has 25 heavy (non-hydrogen) atoms. The molecule has 0 amide bonds. The van der Waals surface area contributed by atoms with Crippen LogP contribution >= 0.6 is 0 Å². The van der Waals surface area contributed by atoms with Gasteiger partial charge in [0.2, 0.25) is 5.95 Å². The minimum atomic E-state index is -0.791. The smallest absolute Gasteiger partial charge is 0.231 e. The molecule has 0 saturated carbocycles. The Morgan fingerprint density at radius 2 is 1.48 bits per heavy atom. The number of hydrazine groups is 2. The van der Waals surface area contributed by atoms with Gasteiger partial charge in [-0.2, -0.15) is 9.97 Å². The van der Waals surface area contributed by atoms with E-state index in [1.54, 1.807) is 0 Å². The fourth-order valence-corrected chi connectivity index (χ4v) is 2.32. The van der Waals surface area contributed by atoms with Gasteiger partial charge in [0.15, 0.2) is 11.6 Å². The van der Waals surface area contributed by atoms with E-state index in [4.69, 9.17) is 11.7 Å². The molecule has 1 heterocycles. The monoisotopic (exact) mass is 343 g/mol. The summed E-state index contributed by atoms with van der Waals surface area (Å²) in [6.07, 6.45) is 0. The number of nitrogens with zero attached hydrogens (tertiary/aromatic N) is 2. The lowest BCUT2D eigenvalue weighted by atomic mass is 10.1. The maximum atomic E-state index is 14.2. The Hall–Kier alpha value is -3.30. The van der Waals surface area contributed by atoms with Gasteiger partial charge in [0.1, 0.15) is 11.6 Å². The molecule has 7 nitrogen and oxygen atoms in total. The summed E-state index contributed by atoms with van der Waals surface area (Å²) in [6, 6.07) is 12.3. The van der Waals surface area contributed by atoms with Crippen molar-refractivity contribution >= 4 is 23.3 Å². The van der Waals surface area contributed by atoms with Crippen molar-refractivity contribution in [3.63, 3.8) is 0 Å². The summed E-state index contributed by atoms with van der Waals surface area (Å²) in [7, 11) is 0. The summed E-state index contributed by atoms with van der Waals surface area (Å²) in [5, 5.41) is 2.99. The van der Waals surface area contributed by atoms with Gasteiger partial charge in [-0.1, -0.05) is 18.2 Å². The molecular weight excluding hydrogens is 328 g/mol. The number of benzene rings is 2. The minimum Gasteiger partial charge on any atom is -0.324 e. The van der Waals surface area contributed by atoms with Crippen LogP contribution in [0.2, 0.25) is 0 Å². The Labute approximate surface area is 142 Å². The van der Waals surface area contributed by atoms with Crippen LogP contribution in [0.15, 0.2) is 48.5 Å². The first-order valence-corrected chi connectivity index (χ1v) is 7.25. The van der Waals surface area contributed by atoms with Crippen LogP contribution < -0.4 is 27.9 Å². The van der Waals surface area contributed by atoms with Gasteiger partial charge in [0, 0.05) is 17.3 Å². The molecule has 0 aliphatic heterocycles. The van der Waals surface area contributed by atoms with Crippen LogP contribution in [0, 0.1) is 11.6 Å². The second-order valence-electron chi connectivity index (χ2n) is 5.02. The fourth-order valence-electron chi connectivity index (χ4n) is 2.32. The first-order valence-electron chi connectivity index (χ1n) is 7.25. The predicted molar refractivity (Wildman–Crippen MR) is 92.7 cm³/mol. The van der Waals surface area contributed by atoms with Crippen LogP contribution in [-0.4, -0.2) is 9.97 Å². The summed E-state index contributed by atoms with van der Waals surface area (Å²) < 4.78 is 27.3. The van der Waals surface area contributed by atoms with Gasteiger partial charge in [0.25, 0.3) is 0 Å². The SMILES string of the molecule is NNc1nc(Nc2ccccc2)nc(NN)c1-c1ccc(F)cc1F. The number of aromatic nitrogens is 2. The molecule has 3 aromatic rings. The Bertz CT molecular complexity index is 862. The average molecular weight is 343 g/mol. The number of rotatable bonds is 5. The highest BCUT2D eigenvalue weighted by atomic mass is 19.1.